The van der Waals surface area contributed by atoms with Gasteiger partial charge >= 0.3 is 0 Å². The van der Waals surface area contributed by atoms with E-state index in [2.05, 4.69) is 10.6 Å². The molecule has 2 aromatic rings. The van der Waals surface area contributed by atoms with Crippen LogP contribution in [-0.2, 0) is 9.59 Å². The monoisotopic (exact) mass is 376 g/mol. The number of benzene rings is 2. The largest absolute Gasteiger partial charge is 0.325 e. The van der Waals surface area contributed by atoms with Crippen molar-refractivity contribution in [3.8, 4) is 0 Å². The van der Waals surface area contributed by atoms with E-state index in [4.69, 9.17) is 11.6 Å². The Kier molecular flexibility index (Phi) is 7.03. The molecule has 0 heterocycles. The van der Waals surface area contributed by atoms with E-state index in [0.29, 0.717) is 22.0 Å². The molecule has 0 saturated carbocycles. The lowest BCUT2D eigenvalue weighted by Gasteiger charge is -2.07. The van der Waals surface area contributed by atoms with Gasteiger partial charge < -0.3 is 10.6 Å². The van der Waals surface area contributed by atoms with Crippen LogP contribution in [0.15, 0.2) is 48.5 Å². The first kappa shape index (κ1) is 19.0. The molecule has 2 amide bonds. The Bertz CT molecular complexity index is 778. The summed E-state index contributed by atoms with van der Waals surface area (Å²) in [5, 5.41) is 6.03. The van der Waals surface area contributed by atoms with Gasteiger partial charge in [0.15, 0.2) is 5.78 Å². The molecule has 2 rings (SSSR count). The summed E-state index contributed by atoms with van der Waals surface area (Å²) < 4.78 is 0. The van der Waals surface area contributed by atoms with Crippen molar-refractivity contribution in [2.24, 2.45) is 0 Å². The summed E-state index contributed by atoms with van der Waals surface area (Å²) in [6.07, 6.45) is 0. The van der Waals surface area contributed by atoms with Gasteiger partial charge in [0.25, 0.3) is 0 Å². The molecule has 25 heavy (non-hydrogen) atoms. The molecule has 0 fully saturated rings. The highest BCUT2D eigenvalue weighted by Gasteiger charge is 2.08. The molecule has 0 radical (unpaired) electrons. The molecule has 2 aromatic carbocycles. The van der Waals surface area contributed by atoms with Crippen LogP contribution >= 0.6 is 23.4 Å². The lowest BCUT2D eigenvalue weighted by molar-refractivity contribution is -0.114. The van der Waals surface area contributed by atoms with Crippen LogP contribution in [0.2, 0.25) is 5.02 Å². The van der Waals surface area contributed by atoms with Crippen molar-refractivity contribution in [3.05, 3.63) is 59.1 Å². The Labute approximate surface area is 155 Å². The molecule has 7 heteroatoms. The average Bonchev–Trinajstić information content (AvgIpc) is 2.57. The fraction of sp³-hybridized carbons (Fsp3) is 0.167. The normalized spacial score (nSPS) is 10.2. The van der Waals surface area contributed by atoms with Gasteiger partial charge in [0, 0.05) is 22.0 Å². The van der Waals surface area contributed by atoms with E-state index < -0.39 is 0 Å². The molecule has 2 N–H and O–H groups in total. The van der Waals surface area contributed by atoms with Gasteiger partial charge in [0.1, 0.15) is 0 Å². The second-order valence-corrected chi connectivity index (χ2v) is 6.66. The van der Waals surface area contributed by atoms with Gasteiger partial charge in [0.05, 0.1) is 11.5 Å². The summed E-state index contributed by atoms with van der Waals surface area (Å²) in [7, 11) is 0. The number of hydrogen-bond acceptors (Lipinski definition) is 4. The van der Waals surface area contributed by atoms with E-state index in [1.807, 2.05) is 0 Å². The summed E-state index contributed by atoms with van der Waals surface area (Å²) in [4.78, 5) is 35.1. The maximum atomic E-state index is 11.9. The van der Waals surface area contributed by atoms with Crippen molar-refractivity contribution >= 4 is 52.3 Å². The Morgan fingerprint density at radius 2 is 1.52 bits per heavy atom. The van der Waals surface area contributed by atoms with Gasteiger partial charge in [-0.1, -0.05) is 23.7 Å². The predicted molar refractivity (Wildman–Crippen MR) is 102 cm³/mol. The van der Waals surface area contributed by atoms with Gasteiger partial charge in [-0.2, -0.15) is 0 Å². The Hall–Kier alpha value is -2.31. The van der Waals surface area contributed by atoms with Gasteiger partial charge in [-0.15, -0.1) is 11.8 Å². The number of rotatable bonds is 7. The zero-order valence-corrected chi connectivity index (χ0v) is 15.1. The molecule has 0 aliphatic heterocycles. The van der Waals surface area contributed by atoms with Crippen LogP contribution < -0.4 is 10.6 Å². The van der Waals surface area contributed by atoms with Crippen LogP contribution in [-0.4, -0.2) is 29.1 Å². The molecule has 0 aliphatic rings. The first-order valence-corrected chi connectivity index (χ1v) is 9.01. The minimum Gasteiger partial charge on any atom is -0.325 e. The van der Waals surface area contributed by atoms with Gasteiger partial charge in [-0.3, -0.25) is 14.4 Å². The fourth-order valence-electron chi connectivity index (χ4n) is 1.98. The van der Waals surface area contributed by atoms with Crippen LogP contribution in [0.5, 0.6) is 0 Å². The van der Waals surface area contributed by atoms with E-state index >= 15 is 0 Å². The number of ketones is 1. The first-order valence-electron chi connectivity index (χ1n) is 7.48. The maximum absolute atomic E-state index is 11.9. The Morgan fingerprint density at radius 1 is 0.920 bits per heavy atom. The topological polar surface area (TPSA) is 75.3 Å². The van der Waals surface area contributed by atoms with E-state index in [0.717, 1.165) is 0 Å². The predicted octanol–water partition coefficient (Wildman–Crippen LogP) is 3.85. The highest BCUT2D eigenvalue weighted by atomic mass is 35.5. The summed E-state index contributed by atoms with van der Waals surface area (Å²) in [5.41, 5.74) is 1.75. The summed E-state index contributed by atoms with van der Waals surface area (Å²) >= 11 is 6.98. The third-order valence-electron chi connectivity index (χ3n) is 3.15. The quantitative estimate of drug-likeness (QED) is 0.719. The average molecular weight is 377 g/mol. The highest BCUT2D eigenvalue weighted by Crippen LogP contribution is 2.14. The third kappa shape index (κ3) is 6.60. The minimum absolute atomic E-state index is 0.0654. The Morgan fingerprint density at radius 3 is 2.12 bits per heavy atom. The number of amides is 2. The number of anilines is 2. The number of Topliss-reactive ketones (excluding diaryl/α,β-unsaturated/α-hetero) is 1. The third-order valence-corrected chi connectivity index (χ3v) is 4.33. The molecule has 0 aliphatic carbocycles. The zero-order valence-electron chi connectivity index (χ0n) is 13.5. The fourth-order valence-corrected chi connectivity index (χ4v) is 2.72. The van der Waals surface area contributed by atoms with Crippen molar-refractivity contribution in [2.75, 3.05) is 22.1 Å². The van der Waals surface area contributed by atoms with Gasteiger partial charge in [-0.25, -0.2) is 0 Å². The van der Waals surface area contributed by atoms with Crippen LogP contribution in [0.3, 0.4) is 0 Å². The van der Waals surface area contributed by atoms with E-state index in [-0.39, 0.29) is 29.1 Å². The summed E-state index contributed by atoms with van der Waals surface area (Å²) in [5.74, 6) is -0.199. The molecule has 0 atom stereocenters. The molecule has 5 nitrogen and oxygen atoms in total. The van der Waals surface area contributed by atoms with Crippen LogP contribution in [0.25, 0.3) is 0 Å². The summed E-state index contributed by atoms with van der Waals surface area (Å²) in [6, 6.07) is 13.5. The van der Waals surface area contributed by atoms with Crippen molar-refractivity contribution < 1.29 is 14.4 Å². The second kappa shape index (κ2) is 9.25. The highest BCUT2D eigenvalue weighted by molar-refractivity contribution is 8.00. The van der Waals surface area contributed by atoms with Crippen molar-refractivity contribution in [2.45, 2.75) is 6.92 Å². The molecule has 0 aromatic heterocycles. The SMILES string of the molecule is CC(=O)c1cccc(NC(=O)CSCC(=O)Nc2ccc(Cl)cc2)c1. The van der Waals surface area contributed by atoms with Gasteiger partial charge in [-0.05, 0) is 43.3 Å². The lowest BCUT2D eigenvalue weighted by Crippen LogP contribution is -2.18. The second-order valence-electron chi connectivity index (χ2n) is 5.23. The zero-order chi connectivity index (χ0) is 18.2. The molecule has 0 bridgehead atoms. The van der Waals surface area contributed by atoms with E-state index in [1.165, 1.54) is 18.7 Å². The minimum atomic E-state index is -0.231. The molecule has 130 valence electrons. The molecule has 0 unspecified atom stereocenters. The van der Waals surface area contributed by atoms with Crippen molar-refractivity contribution in [1.82, 2.24) is 0 Å². The number of carbonyl (C=O) groups excluding carboxylic acids is 3. The first-order chi connectivity index (χ1) is 11.9. The van der Waals surface area contributed by atoms with Crippen LogP contribution in [0.4, 0.5) is 11.4 Å². The lowest BCUT2D eigenvalue weighted by atomic mass is 10.1. The van der Waals surface area contributed by atoms with Gasteiger partial charge in [0.2, 0.25) is 11.8 Å². The number of thioether (sulfide) groups is 1. The summed E-state index contributed by atoms with van der Waals surface area (Å²) in [6.45, 7) is 1.47. The molecular weight excluding hydrogens is 360 g/mol. The number of nitrogens with one attached hydrogen (secondary N) is 2. The van der Waals surface area contributed by atoms with E-state index in [1.54, 1.807) is 48.5 Å². The maximum Gasteiger partial charge on any atom is 0.234 e. The molecule has 0 spiro atoms. The Balaban J connectivity index is 1.74. The number of halogens is 1. The molecular formula is C18H17ClN2O3S. The van der Waals surface area contributed by atoms with Crippen molar-refractivity contribution in [3.63, 3.8) is 0 Å². The van der Waals surface area contributed by atoms with Crippen molar-refractivity contribution in [1.29, 1.82) is 0 Å². The van der Waals surface area contributed by atoms with Crippen LogP contribution in [0.1, 0.15) is 17.3 Å². The number of carbonyl (C=O) groups is 3. The molecule has 0 saturated heterocycles. The van der Waals surface area contributed by atoms with Crippen LogP contribution in [0, 0.1) is 0 Å². The van der Waals surface area contributed by atoms with E-state index in [9.17, 15) is 14.4 Å². The smallest absolute Gasteiger partial charge is 0.234 e. The standard InChI is InChI=1S/C18H17ClN2O3S/c1-12(22)13-3-2-4-16(9-13)21-18(24)11-25-10-17(23)20-15-7-5-14(19)6-8-15/h2-9H,10-11H2,1H3,(H,20,23)(H,21,24). The number of hydrogen-bond donors (Lipinski definition) is 2.